The summed E-state index contributed by atoms with van der Waals surface area (Å²) in [5, 5.41) is -7.29. The van der Waals surface area contributed by atoms with E-state index in [1.165, 1.54) is 0 Å². The fraction of sp³-hybridized carbons (Fsp3) is 1.00. The molecule has 0 unspecified atom stereocenters. The molecule has 0 spiro atoms. The second-order valence-corrected chi connectivity index (χ2v) is 4.68. The van der Waals surface area contributed by atoms with E-state index in [9.17, 15) is 56.7 Å². The second kappa shape index (κ2) is 5.58. The first-order chi connectivity index (χ1) is 8.25. The van der Waals surface area contributed by atoms with Crippen molar-refractivity contribution in [2.75, 3.05) is 0 Å². The average Bonchev–Trinajstić information content (AvgIpc) is 2.12. The summed E-state index contributed by atoms with van der Waals surface area (Å²) in [7, 11) is -7.41. The van der Waals surface area contributed by atoms with Gasteiger partial charge in [-0.15, -0.1) is 0 Å². The van der Waals surface area contributed by atoms with Gasteiger partial charge in [-0.25, -0.2) is 0 Å². The number of rotatable bonds is 4. The molecule has 3 nitrogen and oxygen atoms in total. The quantitative estimate of drug-likeness (QED) is 0.506. The van der Waals surface area contributed by atoms with Crippen molar-refractivity contribution in [1.82, 2.24) is 0 Å². The molecule has 0 aliphatic heterocycles. The van der Waals surface area contributed by atoms with Gasteiger partial charge in [0.2, 0.25) is 0 Å². The summed E-state index contributed by atoms with van der Waals surface area (Å²) in [6, 6.07) is 0. The molecule has 0 saturated heterocycles. The van der Waals surface area contributed by atoms with Crippen LogP contribution in [0.2, 0.25) is 0 Å². The minimum absolute atomic E-state index is 0. The minimum atomic E-state index is -7.86. The molecule has 0 atom stereocenters. The number of hydrogen-bond acceptors (Lipinski definition) is 2. The van der Waals surface area contributed by atoms with Crippen molar-refractivity contribution >= 4 is 36.0 Å². The first-order valence-corrected chi connectivity index (χ1v) is 5.24. The molecule has 0 radical (unpaired) electrons. The van der Waals surface area contributed by atoms with Crippen LogP contribution in [-0.4, -0.2) is 68.0 Å². The molecular weight excluding hydrogens is 464 g/mol. The van der Waals surface area contributed by atoms with E-state index in [0.29, 0.717) is 0 Å². The van der Waals surface area contributed by atoms with Crippen molar-refractivity contribution in [2.45, 2.75) is 29.2 Å². The SMILES string of the molecule is O=S(=O)(O)C(F)(F)C(F)(F)C(F)(F)C(F)(F)C(F)(F)F.[InH3]. The van der Waals surface area contributed by atoms with Gasteiger partial charge in [0.1, 0.15) is 0 Å². The molecular formula is C5H4F11InO3S. The summed E-state index contributed by atoms with van der Waals surface area (Å²) in [4.78, 5) is 0. The van der Waals surface area contributed by atoms with Crippen LogP contribution in [-0.2, 0) is 10.1 Å². The third-order valence-corrected chi connectivity index (χ3v) is 2.74. The summed E-state index contributed by atoms with van der Waals surface area (Å²) in [5.74, 6) is -23.3. The number of hydrogen-bond donors (Lipinski definition) is 1. The first kappa shape index (κ1) is 23.3. The van der Waals surface area contributed by atoms with Crippen LogP contribution in [0.1, 0.15) is 0 Å². The Kier molecular flexibility index (Phi) is 6.18. The van der Waals surface area contributed by atoms with Crippen LogP contribution < -0.4 is 0 Å². The fourth-order valence-electron chi connectivity index (χ4n) is 0.720. The van der Waals surface area contributed by atoms with E-state index in [0.717, 1.165) is 0 Å². The summed E-state index contributed by atoms with van der Waals surface area (Å²) in [6.07, 6.45) is -7.39. The Labute approximate surface area is 127 Å². The predicted octanol–water partition coefficient (Wildman–Crippen LogP) is 1.75. The van der Waals surface area contributed by atoms with Gasteiger partial charge < -0.3 is 0 Å². The van der Waals surface area contributed by atoms with E-state index in [2.05, 4.69) is 0 Å². The normalized spacial score (nSPS) is 15.6. The van der Waals surface area contributed by atoms with Crippen molar-refractivity contribution in [3.63, 3.8) is 0 Å². The van der Waals surface area contributed by atoms with Gasteiger partial charge in [-0.05, 0) is 0 Å². The van der Waals surface area contributed by atoms with Crippen LogP contribution in [0.4, 0.5) is 48.3 Å². The Balaban J connectivity index is 0. The number of halogens is 11. The molecule has 16 heteroatoms. The maximum atomic E-state index is 12.5. The molecule has 0 bridgehead atoms. The van der Waals surface area contributed by atoms with Gasteiger partial charge in [-0.1, -0.05) is 0 Å². The second-order valence-electron chi connectivity index (χ2n) is 3.21. The van der Waals surface area contributed by atoms with Crippen LogP contribution >= 0.6 is 0 Å². The van der Waals surface area contributed by atoms with Crippen LogP contribution in [0, 0.1) is 0 Å². The van der Waals surface area contributed by atoms with Gasteiger partial charge in [0.15, 0.2) is 0 Å². The van der Waals surface area contributed by atoms with Crippen molar-refractivity contribution < 1.29 is 61.3 Å². The Hall–Kier alpha value is 0.0101. The Morgan fingerprint density at radius 2 is 0.905 bits per heavy atom. The molecule has 21 heavy (non-hydrogen) atoms. The zero-order valence-corrected chi connectivity index (χ0v) is 9.15. The fourth-order valence-corrected chi connectivity index (χ4v) is 1.17. The van der Waals surface area contributed by atoms with Crippen molar-refractivity contribution in [1.29, 1.82) is 0 Å². The van der Waals surface area contributed by atoms with Crippen LogP contribution in [0.15, 0.2) is 0 Å². The Bertz CT molecular complexity index is 481. The van der Waals surface area contributed by atoms with Gasteiger partial charge in [-0.2, -0.15) is 56.7 Å². The summed E-state index contributed by atoms with van der Waals surface area (Å²) in [6.45, 7) is 0. The Morgan fingerprint density at radius 3 is 1.10 bits per heavy atom. The molecule has 0 aliphatic carbocycles. The van der Waals surface area contributed by atoms with E-state index < -0.39 is 39.3 Å². The molecule has 0 amide bonds. The summed E-state index contributed by atoms with van der Waals surface area (Å²) >= 11 is 0. The molecule has 0 saturated carbocycles. The molecule has 0 fully saturated rings. The number of alkyl halides is 11. The molecule has 128 valence electrons. The van der Waals surface area contributed by atoms with Crippen molar-refractivity contribution in [3.05, 3.63) is 0 Å². The van der Waals surface area contributed by atoms with Crippen molar-refractivity contribution in [2.24, 2.45) is 0 Å². The Morgan fingerprint density at radius 1 is 0.619 bits per heavy atom. The molecule has 0 heterocycles. The van der Waals surface area contributed by atoms with E-state index >= 15 is 0 Å². The van der Waals surface area contributed by atoms with Gasteiger partial charge >= 0.3 is 65.2 Å². The molecule has 1 N–H and O–H groups in total. The molecule has 0 aromatic rings. The molecule has 0 aromatic carbocycles. The third-order valence-electron chi connectivity index (χ3n) is 1.83. The molecule has 0 aliphatic rings. The predicted molar refractivity (Wildman–Crippen MR) is 47.3 cm³/mol. The topological polar surface area (TPSA) is 54.4 Å². The summed E-state index contributed by atoms with van der Waals surface area (Å²) < 4.78 is 161. The van der Waals surface area contributed by atoms with Gasteiger partial charge in [0, 0.05) is 0 Å². The monoisotopic (exact) mass is 468 g/mol. The maximum absolute atomic E-state index is 12.5. The molecule has 0 rings (SSSR count). The van der Waals surface area contributed by atoms with E-state index in [1.807, 2.05) is 0 Å². The van der Waals surface area contributed by atoms with Gasteiger partial charge in [0.05, 0.1) is 0 Å². The average molecular weight is 468 g/mol. The van der Waals surface area contributed by atoms with Crippen LogP contribution in [0.3, 0.4) is 0 Å². The van der Waals surface area contributed by atoms with Gasteiger partial charge in [-0.3, -0.25) is 4.55 Å². The third kappa shape index (κ3) is 3.20. The zero-order valence-electron chi connectivity index (χ0n) is 8.33. The first-order valence-electron chi connectivity index (χ1n) is 3.80. The van der Waals surface area contributed by atoms with E-state index in [4.69, 9.17) is 4.55 Å². The zero-order chi connectivity index (χ0) is 17.0. The van der Waals surface area contributed by atoms with E-state index in [1.54, 1.807) is 0 Å². The van der Waals surface area contributed by atoms with Crippen LogP contribution in [0.5, 0.6) is 0 Å². The molecule has 0 aromatic heterocycles. The summed E-state index contributed by atoms with van der Waals surface area (Å²) in [5.41, 5.74) is 0. The van der Waals surface area contributed by atoms with Crippen LogP contribution in [0.25, 0.3) is 0 Å². The van der Waals surface area contributed by atoms with Crippen molar-refractivity contribution in [3.8, 4) is 0 Å². The standard InChI is InChI=1S/C5HF11O3S.In.3H/c6-1(7,2(8,9)4(12,13)14)3(10,11)5(15,16)20(17,18)19;;;;/h(H,17,18,19);;;;. The van der Waals surface area contributed by atoms with E-state index in [-0.39, 0.29) is 25.8 Å². The van der Waals surface area contributed by atoms with Gasteiger partial charge in [0.25, 0.3) is 0 Å².